The van der Waals surface area contributed by atoms with E-state index in [1.54, 1.807) is 36.2 Å². The molecule has 1 heterocycles. The van der Waals surface area contributed by atoms with E-state index in [4.69, 9.17) is 20.8 Å². The number of likely N-dealkylation sites (N-methyl/N-ethyl adjacent to an activating group) is 1. The van der Waals surface area contributed by atoms with Gasteiger partial charge in [0.05, 0.1) is 19.3 Å². The normalized spacial score (nSPS) is 11.0. The fourth-order valence-corrected chi connectivity index (χ4v) is 3.08. The van der Waals surface area contributed by atoms with Crippen molar-refractivity contribution >= 4 is 34.2 Å². The summed E-state index contributed by atoms with van der Waals surface area (Å²) in [5, 5.41) is 13.5. The van der Waals surface area contributed by atoms with Gasteiger partial charge in [-0.2, -0.15) is 0 Å². The predicted molar refractivity (Wildman–Crippen MR) is 107 cm³/mol. The molecule has 0 saturated heterocycles. The molecule has 1 aromatic heterocycles. The molecule has 8 heteroatoms. The molecule has 0 aliphatic rings. The Labute approximate surface area is 166 Å². The van der Waals surface area contributed by atoms with Crippen LogP contribution in [-0.4, -0.2) is 36.6 Å². The minimum absolute atomic E-state index is 0.0102. The summed E-state index contributed by atoms with van der Waals surface area (Å²) in [4.78, 5) is 26.0. The molecule has 7 nitrogen and oxygen atoms in total. The summed E-state index contributed by atoms with van der Waals surface area (Å²) < 4.78 is 10.3. The van der Waals surface area contributed by atoms with E-state index < -0.39 is 5.63 Å². The Bertz CT molecular complexity index is 1080. The van der Waals surface area contributed by atoms with E-state index >= 15 is 0 Å². The maximum atomic E-state index is 12.4. The quantitative estimate of drug-likeness (QED) is 0.615. The van der Waals surface area contributed by atoms with E-state index in [0.717, 1.165) is 0 Å². The van der Waals surface area contributed by atoms with Crippen molar-refractivity contribution in [3.63, 3.8) is 0 Å². The van der Waals surface area contributed by atoms with Crippen molar-refractivity contribution in [2.75, 3.05) is 26.0 Å². The molecule has 28 heavy (non-hydrogen) atoms. The SMILES string of the molecule is COc1ccc(Cl)cc1NC(=O)CN(C)Cc1cc(=O)oc2cc(O)ccc12. The molecule has 0 aliphatic heterocycles. The number of carbonyl (C=O) groups excluding carboxylic acids is 1. The number of benzene rings is 2. The zero-order valence-corrected chi connectivity index (χ0v) is 16.1. The first-order chi connectivity index (χ1) is 13.4. The van der Waals surface area contributed by atoms with Crippen molar-refractivity contribution in [3.8, 4) is 11.5 Å². The lowest BCUT2D eigenvalue weighted by Gasteiger charge is -2.18. The lowest BCUT2D eigenvalue weighted by atomic mass is 10.1. The average molecular weight is 403 g/mol. The van der Waals surface area contributed by atoms with Crippen LogP contribution in [-0.2, 0) is 11.3 Å². The number of hydrogen-bond donors (Lipinski definition) is 2. The number of phenolic OH excluding ortho intramolecular Hbond substituents is 1. The lowest BCUT2D eigenvalue weighted by Crippen LogP contribution is -2.30. The predicted octanol–water partition coefficient (Wildman–Crippen LogP) is 3.23. The Hall–Kier alpha value is -3.03. The fourth-order valence-electron chi connectivity index (χ4n) is 2.91. The first-order valence-electron chi connectivity index (χ1n) is 8.43. The number of aromatic hydroxyl groups is 1. The number of halogens is 1. The number of methoxy groups -OCH3 is 1. The van der Waals surface area contributed by atoms with Crippen LogP contribution in [0.4, 0.5) is 5.69 Å². The molecule has 1 amide bonds. The lowest BCUT2D eigenvalue weighted by molar-refractivity contribution is -0.117. The van der Waals surface area contributed by atoms with E-state index in [0.29, 0.717) is 39.5 Å². The molecule has 0 atom stereocenters. The second-order valence-electron chi connectivity index (χ2n) is 6.34. The van der Waals surface area contributed by atoms with Gasteiger partial charge in [0.2, 0.25) is 5.91 Å². The highest BCUT2D eigenvalue weighted by Gasteiger charge is 2.13. The summed E-state index contributed by atoms with van der Waals surface area (Å²) in [6.45, 7) is 0.419. The van der Waals surface area contributed by atoms with Gasteiger partial charge in [-0.15, -0.1) is 0 Å². The highest BCUT2D eigenvalue weighted by atomic mass is 35.5. The van der Waals surface area contributed by atoms with Crippen LogP contribution < -0.4 is 15.7 Å². The Balaban J connectivity index is 1.73. The van der Waals surface area contributed by atoms with Crippen LogP contribution in [0, 0.1) is 0 Å². The van der Waals surface area contributed by atoms with Gasteiger partial charge in [0.15, 0.2) is 0 Å². The monoisotopic (exact) mass is 402 g/mol. The molecule has 0 radical (unpaired) electrons. The molecule has 2 N–H and O–H groups in total. The number of nitrogens with one attached hydrogen (secondary N) is 1. The largest absolute Gasteiger partial charge is 0.508 e. The van der Waals surface area contributed by atoms with Gasteiger partial charge in [-0.25, -0.2) is 4.79 Å². The van der Waals surface area contributed by atoms with Gasteiger partial charge in [-0.1, -0.05) is 11.6 Å². The smallest absolute Gasteiger partial charge is 0.336 e. The number of amides is 1. The summed E-state index contributed by atoms with van der Waals surface area (Å²) in [7, 11) is 3.27. The Kier molecular flexibility index (Phi) is 5.87. The summed E-state index contributed by atoms with van der Waals surface area (Å²) in [5.74, 6) is 0.260. The van der Waals surface area contributed by atoms with Crippen LogP contribution in [0.15, 0.2) is 51.7 Å². The van der Waals surface area contributed by atoms with E-state index in [-0.39, 0.29) is 18.2 Å². The molecule has 146 valence electrons. The number of phenols is 1. The summed E-state index contributed by atoms with van der Waals surface area (Å²) in [6.07, 6.45) is 0. The van der Waals surface area contributed by atoms with Gasteiger partial charge >= 0.3 is 5.63 Å². The van der Waals surface area contributed by atoms with Gasteiger partial charge < -0.3 is 19.6 Å². The zero-order chi connectivity index (χ0) is 20.3. The van der Waals surface area contributed by atoms with Crippen LogP contribution in [0.2, 0.25) is 5.02 Å². The highest BCUT2D eigenvalue weighted by Crippen LogP contribution is 2.27. The minimum Gasteiger partial charge on any atom is -0.508 e. The molecule has 0 saturated carbocycles. The Morgan fingerprint density at radius 3 is 2.79 bits per heavy atom. The number of nitrogens with zero attached hydrogens (tertiary/aromatic N) is 1. The van der Waals surface area contributed by atoms with Crippen LogP contribution in [0.25, 0.3) is 11.0 Å². The molecule has 2 aromatic carbocycles. The van der Waals surface area contributed by atoms with Gasteiger partial charge in [0.25, 0.3) is 0 Å². The number of ether oxygens (including phenoxy) is 1. The van der Waals surface area contributed by atoms with E-state index in [1.807, 2.05) is 0 Å². The van der Waals surface area contributed by atoms with Crippen LogP contribution in [0.5, 0.6) is 11.5 Å². The van der Waals surface area contributed by atoms with Gasteiger partial charge in [0.1, 0.15) is 17.1 Å². The summed E-state index contributed by atoms with van der Waals surface area (Å²) in [6, 6.07) is 10.9. The van der Waals surface area contributed by atoms with Gasteiger partial charge in [-0.3, -0.25) is 9.69 Å². The standard InChI is InChI=1S/C20H19ClN2O5/c1-23(11-19(25)22-16-8-13(21)3-6-17(16)27-2)10-12-7-20(26)28-18-9-14(24)4-5-15(12)18/h3-9,24H,10-11H2,1-2H3,(H,22,25). The molecule has 3 aromatic rings. The maximum absolute atomic E-state index is 12.4. The number of carbonyl (C=O) groups is 1. The van der Waals surface area contributed by atoms with Gasteiger partial charge in [-0.05, 0) is 42.9 Å². The van der Waals surface area contributed by atoms with Crippen molar-refractivity contribution in [2.24, 2.45) is 0 Å². The van der Waals surface area contributed by atoms with Crippen molar-refractivity contribution in [3.05, 3.63) is 63.5 Å². The topological polar surface area (TPSA) is 92.0 Å². The zero-order valence-electron chi connectivity index (χ0n) is 15.4. The third-order valence-corrected chi connectivity index (χ3v) is 4.34. The number of hydrogen-bond acceptors (Lipinski definition) is 6. The summed E-state index contributed by atoms with van der Waals surface area (Å²) >= 11 is 5.98. The van der Waals surface area contributed by atoms with E-state index in [9.17, 15) is 14.7 Å². The summed E-state index contributed by atoms with van der Waals surface area (Å²) in [5.41, 5.74) is 0.954. The number of anilines is 1. The number of fused-ring (bicyclic) bond motifs is 1. The van der Waals surface area contributed by atoms with Crippen molar-refractivity contribution < 1.29 is 19.1 Å². The minimum atomic E-state index is -0.519. The van der Waals surface area contributed by atoms with E-state index in [2.05, 4.69) is 5.32 Å². The number of rotatable bonds is 6. The van der Waals surface area contributed by atoms with E-state index in [1.165, 1.54) is 25.3 Å². The van der Waals surface area contributed by atoms with Gasteiger partial charge in [0, 0.05) is 29.1 Å². The molecular formula is C20H19ClN2O5. The van der Waals surface area contributed by atoms with Crippen molar-refractivity contribution in [1.29, 1.82) is 0 Å². The molecular weight excluding hydrogens is 384 g/mol. The maximum Gasteiger partial charge on any atom is 0.336 e. The molecule has 0 spiro atoms. The van der Waals surface area contributed by atoms with Crippen LogP contribution in [0.1, 0.15) is 5.56 Å². The Morgan fingerprint density at radius 1 is 1.25 bits per heavy atom. The van der Waals surface area contributed by atoms with Crippen molar-refractivity contribution in [2.45, 2.75) is 6.54 Å². The Morgan fingerprint density at radius 2 is 2.04 bits per heavy atom. The van der Waals surface area contributed by atoms with Crippen LogP contribution >= 0.6 is 11.6 Å². The second-order valence-corrected chi connectivity index (χ2v) is 6.77. The first-order valence-corrected chi connectivity index (χ1v) is 8.81. The molecule has 0 fully saturated rings. The highest BCUT2D eigenvalue weighted by molar-refractivity contribution is 6.31. The second kappa shape index (κ2) is 8.33. The molecule has 3 rings (SSSR count). The average Bonchev–Trinajstić information content (AvgIpc) is 2.61. The third kappa shape index (κ3) is 4.62. The fraction of sp³-hybridized carbons (Fsp3) is 0.200. The molecule has 0 unspecified atom stereocenters. The first kappa shape index (κ1) is 19.7. The molecule has 0 bridgehead atoms. The molecule has 0 aliphatic carbocycles. The van der Waals surface area contributed by atoms with Crippen molar-refractivity contribution in [1.82, 2.24) is 4.90 Å². The third-order valence-electron chi connectivity index (χ3n) is 4.10. The van der Waals surface area contributed by atoms with Crippen LogP contribution in [0.3, 0.4) is 0 Å².